The number of amides is 2. The maximum Gasteiger partial charge on any atom is 0.244 e. The third-order valence-corrected chi connectivity index (χ3v) is 8.16. The van der Waals surface area contributed by atoms with Gasteiger partial charge in [-0.05, 0) is 43.0 Å². The third-order valence-electron chi connectivity index (χ3n) is 6.67. The van der Waals surface area contributed by atoms with Crippen molar-refractivity contribution in [3.05, 3.63) is 59.1 Å². The Balaban J connectivity index is 1.95. The number of benzene rings is 2. The van der Waals surface area contributed by atoms with E-state index in [-0.39, 0.29) is 24.2 Å². The van der Waals surface area contributed by atoms with E-state index in [9.17, 15) is 18.0 Å². The van der Waals surface area contributed by atoms with Crippen molar-refractivity contribution in [1.82, 2.24) is 10.2 Å². The van der Waals surface area contributed by atoms with Gasteiger partial charge >= 0.3 is 0 Å². The Morgan fingerprint density at radius 2 is 1.73 bits per heavy atom. The van der Waals surface area contributed by atoms with Crippen LogP contribution in [0, 0.1) is 0 Å². The fourth-order valence-electron chi connectivity index (χ4n) is 4.70. The summed E-state index contributed by atoms with van der Waals surface area (Å²) >= 11 is 6.41. The van der Waals surface area contributed by atoms with Gasteiger partial charge in [0.2, 0.25) is 21.8 Å². The lowest BCUT2D eigenvalue weighted by Crippen LogP contribution is -2.54. The van der Waals surface area contributed by atoms with Gasteiger partial charge in [0.15, 0.2) is 0 Å². The average Bonchev–Trinajstić information content (AvgIpc) is 2.88. The predicted octanol–water partition coefficient (Wildman–Crippen LogP) is 4.37. The molecule has 0 saturated heterocycles. The first-order chi connectivity index (χ1) is 17.7. The normalized spacial score (nSPS) is 15.0. The number of nitrogens with one attached hydrogen (secondary N) is 1. The van der Waals surface area contributed by atoms with Gasteiger partial charge in [0, 0.05) is 17.6 Å². The minimum Gasteiger partial charge on any atom is -0.495 e. The molecule has 0 spiro atoms. The Bertz CT molecular complexity index is 1180. The Morgan fingerprint density at radius 3 is 2.35 bits per heavy atom. The Hall–Kier alpha value is -2.78. The van der Waals surface area contributed by atoms with E-state index in [1.54, 1.807) is 42.5 Å². The van der Waals surface area contributed by atoms with E-state index < -0.39 is 28.5 Å². The van der Waals surface area contributed by atoms with Crippen LogP contribution in [0.1, 0.15) is 51.0 Å². The van der Waals surface area contributed by atoms with Gasteiger partial charge in [-0.3, -0.25) is 13.9 Å². The molecule has 1 aliphatic carbocycles. The summed E-state index contributed by atoms with van der Waals surface area (Å²) in [4.78, 5) is 28.7. The summed E-state index contributed by atoms with van der Waals surface area (Å²) in [6, 6.07) is 13.0. The topological polar surface area (TPSA) is 96.0 Å². The highest BCUT2D eigenvalue weighted by molar-refractivity contribution is 7.92. The van der Waals surface area contributed by atoms with Crippen LogP contribution in [0.2, 0.25) is 5.02 Å². The van der Waals surface area contributed by atoms with Crippen LogP contribution >= 0.6 is 11.6 Å². The van der Waals surface area contributed by atoms with E-state index in [1.807, 2.05) is 13.0 Å². The maximum atomic E-state index is 13.8. The fraction of sp³-hybridized carbons (Fsp3) is 0.481. The predicted molar refractivity (Wildman–Crippen MR) is 146 cm³/mol. The molecular formula is C27H36ClN3O5S. The Morgan fingerprint density at radius 1 is 1.08 bits per heavy atom. The van der Waals surface area contributed by atoms with Crippen LogP contribution in [0.4, 0.5) is 5.69 Å². The van der Waals surface area contributed by atoms with E-state index in [0.29, 0.717) is 22.8 Å². The summed E-state index contributed by atoms with van der Waals surface area (Å²) in [5.41, 5.74) is 0.919. The first-order valence-corrected chi connectivity index (χ1v) is 14.8. The molecule has 1 saturated carbocycles. The zero-order chi connectivity index (χ0) is 27.0. The van der Waals surface area contributed by atoms with E-state index >= 15 is 0 Å². The van der Waals surface area contributed by atoms with Gasteiger partial charge in [0.05, 0.1) is 19.1 Å². The van der Waals surface area contributed by atoms with Crippen LogP contribution in [0.3, 0.4) is 0 Å². The summed E-state index contributed by atoms with van der Waals surface area (Å²) in [7, 11) is -2.42. The van der Waals surface area contributed by atoms with Crippen LogP contribution in [0.25, 0.3) is 0 Å². The quantitative estimate of drug-likeness (QED) is 0.449. The monoisotopic (exact) mass is 549 g/mol. The molecule has 2 aromatic carbocycles. The number of carbonyl (C=O) groups is 2. The molecular weight excluding hydrogens is 514 g/mol. The minimum absolute atomic E-state index is 0.0681. The van der Waals surface area contributed by atoms with E-state index in [2.05, 4.69) is 5.32 Å². The van der Waals surface area contributed by atoms with Gasteiger partial charge < -0.3 is 15.0 Å². The number of rotatable bonds is 11. The van der Waals surface area contributed by atoms with Gasteiger partial charge in [0.1, 0.15) is 18.3 Å². The summed E-state index contributed by atoms with van der Waals surface area (Å²) in [6.07, 6.45) is 6.51. The average molecular weight is 550 g/mol. The molecule has 2 amide bonds. The summed E-state index contributed by atoms with van der Waals surface area (Å²) in [6.45, 7) is 1.42. The lowest BCUT2D eigenvalue weighted by Gasteiger charge is -2.34. The number of sulfonamides is 1. The summed E-state index contributed by atoms with van der Waals surface area (Å²) in [5, 5.41) is 3.59. The highest BCUT2D eigenvalue weighted by Gasteiger charge is 2.33. The molecule has 1 fully saturated rings. The van der Waals surface area contributed by atoms with Gasteiger partial charge in [-0.2, -0.15) is 0 Å². The smallest absolute Gasteiger partial charge is 0.244 e. The number of anilines is 1. The van der Waals surface area contributed by atoms with Crippen molar-refractivity contribution in [3.8, 4) is 5.75 Å². The standard InChI is InChI=1S/C27H36ClN3O5S/c1-4-23(27(33)29-21-13-6-5-7-14-21)30(18-20-12-8-9-15-22(20)28)26(32)19-31(37(3,34)35)24-16-10-11-17-25(24)36-2/h8-12,15-17,21,23H,4-7,13-14,18-19H2,1-3H3,(H,29,33). The molecule has 37 heavy (non-hydrogen) atoms. The van der Waals surface area contributed by atoms with Gasteiger partial charge in [-0.15, -0.1) is 0 Å². The first kappa shape index (κ1) is 28.8. The number of methoxy groups -OCH3 is 1. The van der Waals surface area contributed by atoms with Crippen molar-refractivity contribution >= 4 is 39.1 Å². The molecule has 2 aromatic rings. The van der Waals surface area contributed by atoms with Crippen molar-refractivity contribution in [2.24, 2.45) is 0 Å². The molecule has 8 nitrogen and oxygen atoms in total. The zero-order valence-corrected chi connectivity index (χ0v) is 23.2. The Labute approximate surface area is 225 Å². The van der Waals surface area contributed by atoms with Crippen molar-refractivity contribution < 1.29 is 22.7 Å². The van der Waals surface area contributed by atoms with Crippen LogP contribution < -0.4 is 14.4 Å². The lowest BCUT2D eigenvalue weighted by molar-refractivity contribution is -0.140. The molecule has 0 aliphatic heterocycles. The van der Waals surface area contributed by atoms with Crippen molar-refractivity contribution in [2.75, 3.05) is 24.2 Å². The van der Waals surface area contributed by atoms with Crippen molar-refractivity contribution in [2.45, 2.75) is 64.1 Å². The number of carbonyl (C=O) groups excluding carboxylic acids is 2. The number of ether oxygens (including phenoxy) is 1. The molecule has 10 heteroatoms. The number of nitrogens with zero attached hydrogens (tertiary/aromatic N) is 2. The van der Waals surface area contributed by atoms with Gasteiger partial charge in [-0.25, -0.2) is 8.42 Å². The highest BCUT2D eigenvalue weighted by Crippen LogP contribution is 2.30. The van der Waals surface area contributed by atoms with E-state index in [4.69, 9.17) is 16.3 Å². The first-order valence-electron chi connectivity index (χ1n) is 12.6. The van der Waals surface area contributed by atoms with Crippen molar-refractivity contribution in [3.63, 3.8) is 0 Å². The zero-order valence-electron chi connectivity index (χ0n) is 21.7. The molecule has 1 atom stereocenters. The lowest BCUT2D eigenvalue weighted by atomic mass is 9.95. The summed E-state index contributed by atoms with van der Waals surface area (Å²) < 4.78 is 32.0. The number of para-hydroxylation sites is 2. The second-order valence-electron chi connectivity index (χ2n) is 9.32. The second-order valence-corrected chi connectivity index (χ2v) is 11.6. The van der Waals surface area contributed by atoms with Crippen LogP contribution in [-0.4, -0.2) is 57.1 Å². The molecule has 1 aliphatic rings. The van der Waals surface area contributed by atoms with E-state index in [1.165, 1.54) is 12.0 Å². The molecule has 0 aromatic heterocycles. The molecule has 0 heterocycles. The minimum atomic E-state index is -3.86. The molecule has 3 rings (SSSR count). The number of hydrogen-bond donors (Lipinski definition) is 1. The second kappa shape index (κ2) is 13.1. The molecule has 0 radical (unpaired) electrons. The number of halogens is 1. The summed E-state index contributed by atoms with van der Waals surface area (Å²) in [5.74, 6) is -0.430. The third kappa shape index (κ3) is 7.61. The van der Waals surface area contributed by atoms with E-state index in [0.717, 1.165) is 42.7 Å². The van der Waals surface area contributed by atoms with Crippen LogP contribution in [0.5, 0.6) is 5.75 Å². The Kier molecular flexibility index (Phi) is 10.2. The van der Waals surface area contributed by atoms with Crippen LogP contribution in [0.15, 0.2) is 48.5 Å². The van der Waals surface area contributed by atoms with Crippen molar-refractivity contribution in [1.29, 1.82) is 0 Å². The molecule has 202 valence electrons. The SMILES string of the molecule is CCC(C(=O)NC1CCCCC1)N(Cc1ccccc1Cl)C(=O)CN(c1ccccc1OC)S(C)(=O)=O. The van der Waals surface area contributed by atoms with Crippen LogP contribution in [-0.2, 0) is 26.2 Å². The maximum absolute atomic E-state index is 13.8. The highest BCUT2D eigenvalue weighted by atomic mass is 35.5. The molecule has 1 unspecified atom stereocenters. The molecule has 1 N–H and O–H groups in total. The fourth-order valence-corrected chi connectivity index (χ4v) is 5.75. The van der Waals surface area contributed by atoms with Gasteiger partial charge in [0.25, 0.3) is 0 Å². The molecule has 0 bridgehead atoms. The van der Waals surface area contributed by atoms with Gasteiger partial charge in [-0.1, -0.05) is 68.1 Å². The number of hydrogen-bond acceptors (Lipinski definition) is 5. The largest absolute Gasteiger partial charge is 0.495 e.